The van der Waals surface area contributed by atoms with Crippen LogP contribution >= 0.6 is 0 Å². The van der Waals surface area contributed by atoms with E-state index in [-0.39, 0.29) is 11.8 Å². The maximum absolute atomic E-state index is 13.0. The van der Waals surface area contributed by atoms with E-state index in [0.29, 0.717) is 6.54 Å². The monoisotopic (exact) mass is 401 g/mol. The predicted octanol–water partition coefficient (Wildman–Crippen LogP) is 4.32. The average Bonchev–Trinajstić information content (AvgIpc) is 2.77. The lowest BCUT2D eigenvalue weighted by Crippen LogP contribution is -2.41. The van der Waals surface area contributed by atoms with Crippen molar-refractivity contribution >= 4 is 17.4 Å². The van der Waals surface area contributed by atoms with Gasteiger partial charge < -0.3 is 10.2 Å². The lowest BCUT2D eigenvalue weighted by molar-refractivity contribution is -0.120. The van der Waals surface area contributed by atoms with E-state index in [9.17, 15) is 4.79 Å². The normalized spacial score (nSPS) is 16.4. The van der Waals surface area contributed by atoms with Crippen molar-refractivity contribution < 1.29 is 4.79 Å². The summed E-state index contributed by atoms with van der Waals surface area (Å²) in [5.41, 5.74) is 6.08. The summed E-state index contributed by atoms with van der Waals surface area (Å²) in [7, 11) is 0. The van der Waals surface area contributed by atoms with Crippen LogP contribution in [0.4, 0.5) is 11.5 Å². The lowest BCUT2D eigenvalue weighted by Gasteiger charge is -2.32. The maximum Gasteiger partial charge on any atom is 0.229 e. The molecule has 0 bridgehead atoms. The van der Waals surface area contributed by atoms with Crippen molar-refractivity contribution in [3.05, 3.63) is 65.5 Å². The van der Waals surface area contributed by atoms with Crippen molar-refractivity contribution in [3.8, 4) is 11.3 Å². The zero-order chi connectivity index (χ0) is 21.1. The van der Waals surface area contributed by atoms with Crippen LogP contribution in [0.25, 0.3) is 11.3 Å². The molecule has 3 aromatic rings. The molecule has 1 aliphatic heterocycles. The first-order valence-corrected chi connectivity index (χ1v) is 10.4. The fourth-order valence-electron chi connectivity index (χ4n) is 4.16. The molecule has 30 heavy (non-hydrogen) atoms. The van der Waals surface area contributed by atoms with E-state index in [1.165, 1.54) is 5.56 Å². The Labute approximate surface area is 177 Å². The Morgan fingerprint density at radius 2 is 1.90 bits per heavy atom. The summed E-state index contributed by atoms with van der Waals surface area (Å²) >= 11 is 0. The summed E-state index contributed by atoms with van der Waals surface area (Å²) in [4.78, 5) is 19.3. The number of pyridine rings is 1. The molecule has 6 heteroatoms. The molecule has 1 N–H and O–H groups in total. The second-order valence-corrected chi connectivity index (χ2v) is 8.07. The van der Waals surface area contributed by atoms with Crippen LogP contribution in [0.3, 0.4) is 0 Å². The number of aromatic nitrogens is 3. The second-order valence-electron chi connectivity index (χ2n) is 8.07. The van der Waals surface area contributed by atoms with Gasteiger partial charge in [-0.25, -0.2) is 0 Å². The van der Waals surface area contributed by atoms with Crippen LogP contribution in [0.5, 0.6) is 0 Å². The number of carbonyl (C=O) groups excluding carboxylic acids is 1. The van der Waals surface area contributed by atoms with Crippen LogP contribution in [-0.4, -0.2) is 34.2 Å². The second kappa shape index (κ2) is 8.61. The highest BCUT2D eigenvalue weighted by Gasteiger charge is 2.27. The molecule has 1 amide bonds. The van der Waals surface area contributed by atoms with Gasteiger partial charge in [-0.1, -0.05) is 17.7 Å². The number of piperidine rings is 1. The van der Waals surface area contributed by atoms with Crippen molar-refractivity contribution in [2.75, 3.05) is 23.3 Å². The van der Waals surface area contributed by atoms with Crippen LogP contribution in [0.15, 0.2) is 48.8 Å². The molecule has 154 valence electrons. The van der Waals surface area contributed by atoms with Gasteiger partial charge in [-0.15, -0.1) is 10.2 Å². The summed E-state index contributed by atoms with van der Waals surface area (Å²) in [6.07, 6.45) is 5.35. The van der Waals surface area contributed by atoms with Gasteiger partial charge in [0.25, 0.3) is 0 Å². The number of anilines is 2. The molecule has 1 unspecified atom stereocenters. The first kappa shape index (κ1) is 20.0. The van der Waals surface area contributed by atoms with E-state index >= 15 is 0 Å². The number of nitrogens with zero attached hydrogens (tertiary/aromatic N) is 4. The average molecular weight is 402 g/mol. The van der Waals surface area contributed by atoms with Gasteiger partial charge in [-0.05, 0) is 69.0 Å². The quantitative estimate of drug-likeness (QED) is 0.705. The molecule has 1 fully saturated rings. The van der Waals surface area contributed by atoms with E-state index in [0.717, 1.165) is 53.3 Å². The van der Waals surface area contributed by atoms with Crippen molar-refractivity contribution in [2.45, 2.75) is 33.6 Å². The standard InChI is InChI=1S/C24H27N5O/c1-16-12-17(2)23(18(3)13-16)26-24(30)20-7-5-11-29(15-20)22-9-8-21(27-28-22)19-6-4-10-25-14-19/h4,6,8-10,12-14,20H,5,7,11,15H2,1-3H3,(H,26,30). The Bertz CT molecular complexity index is 1010. The van der Waals surface area contributed by atoms with Crippen LogP contribution in [0, 0.1) is 26.7 Å². The minimum atomic E-state index is -0.0707. The predicted molar refractivity (Wildman–Crippen MR) is 119 cm³/mol. The Kier molecular flexibility index (Phi) is 5.74. The van der Waals surface area contributed by atoms with Crippen LogP contribution in [-0.2, 0) is 4.79 Å². The summed E-state index contributed by atoms with van der Waals surface area (Å²) < 4.78 is 0. The molecule has 1 saturated heterocycles. The molecular weight excluding hydrogens is 374 g/mol. The van der Waals surface area contributed by atoms with Gasteiger partial charge in [0.2, 0.25) is 5.91 Å². The van der Waals surface area contributed by atoms with Crippen LogP contribution in [0.1, 0.15) is 29.5 Å². The van der Waals surface area contributed by atoms with E-state index in [1.54, 1.807) is 12.4 Å². The third-order valence-corrected chi connectivity index (χ3v) is 5.65. The Morgan fingerprint density at radius 1 is 1.10 bits per heavy atom. The van der Waals surface area contributed by atoms with Crippen LogP contribution in [0.2, 0.25) is 0 Å². The summed E-state index contributed by atoms with van der Waals surface area (Å²) in [5.74, 6) is 0.816. The van der Waals surface area contributed by atoms with E-state index in [1.807, 2.05) is 38.1 Å². The third-order valence-electron chi connectivity index (χ3n) is 5.65. The van der Waals surface area contributed by atoms with Crippen molar-refractivity contribution in [1.29, 1.82) is 0 Å². The number of amides is 1. The molecule has 0 saturated carbocycles. The smallest absolute Gasteiger partial charge is 0.229 e. The van der Waals surface area contributed by atoms with E-state index in [4.69, 9.17) is 0 Å². The highest BCUT2D eigenvalue weighted by atomic mass is 16.1. The fourth-order valence-corrected chi connectivity index (χ4v) is 4.16. The van der Waals surface area contributed by atoms with Crippen molar-refractivity contribution in [2.24, 2.45) is 5.92 Å². The summed E-state index contributed by atoms with van der Waals surface area (Å²) in [6, 6.07) is 12.0. The van der Waals surface area contributed by atoms with Gasteiger partial charge in [-0.3, -0.25) is 9.78 Å². The first-order chi connectivity index (χ1) is 14.5. The zero-order valence-corrected chi connectivity index (χ0v) is 17.7. The van der Waals surface area contributed by atoms with E-state index < -0.39 is 0 Å². The molecule has 3 heterocycles. The SMILES string of the molecule is Cc1cc(C)c(NC(=O)C2CCCN(c3ccc(-c4cccnc4)nn3)C2)c(C)c1. The molecule has 2 aromatic heterocycles. The van der Waals surface area contributed by atoms with Gasteiger partial charge in [-0.2, -0.15) is 0 Å². The lowest BCUT2D eigenvalue weighted by atomic mass is 9.96. The molecule has 0 spiro atoms. The van der Waals surface area contributed by atoms with Crippen molar-refractivity contribution in [3.63, 3.8) is 0 Å². The van der Waals surface area contributed by atoms with Gasteiger partial charge in [0, 0.05) is 36.7 Å². The number of hydrogen-bond donors (Lipinski definition) is 1. The fraction of sp³-hybridized carbons (Fsp3) is 0.333. The molecule has 0 aliphatic carbocycles. The molecule has 4 rings (SSSR count). The molecule has 1 atom stereocenters. The number of carbonyl (C=O) groups is 1. The molecule has 6 nitrogen and oxygen atoms in total. The minimum absolute atomic E-state index is 0.0707. The highest BCUT2D eigenvalue weighted by Crippen LogP contribution is 2.26. The zero-order valence-electron chi connectivity index (χ0n) is 17.7. The van der Waals surface area contributed by atoms with E-state index in [2.05, 4.69) is 44.5 Å². The van der Waals surface area contributed by atoms with Gasteiger partial charge in [0.1, 0.15) is 0 Å². The van der Waals surface area contributed by atoms with Gasteiger partial charge in [0.15, 0.2) is 5.82 Å². The molecule has 1 aromatic carbocycles. The highest BCUT2D eigenvalue weighted by molar-refractivity contribution is 5.94. The summed E-state index contributed by atoms with van der Waals surface area (Å²) in [5, 5.41) is 11.9. The van der Waals surface area contributed by atoms with Crippen molar-refractivity contribution in [1.82, 2.24) is 15.2 Å². The molecular formula is C24H27N5O. The number of aryl methyl sites for hydroxylation is 3. The molecule has 1 aliphatic rings. The minimum Gasteiger partial charge on any atom is -0.354 e. The number of nitrogens with one attached hydrogen (secondary N) is 1. The topological polar surface area (TPSA) is 71.0 Å². The maximum atomic E-state index is 13.0. The van der Waals surface area contributed by atoms with Crippen LogP contribution < -0.4 is 10.2 Å². The molecule has 0 radical (unpaired) electrons. The van der Waals surface area contributed by atoms with Gasteiger partial charge in [0.05, 0.1) is 11.6 Å². The number of rotatable bonds is 4. The first-order valence-electron chi connectivity index (χ1n) is 10.4. The number of hydrogen-bond acceptors (Lipinski definition) is 5. The Balaban J connectivity index is 1.45. The largest absolute Gasteiger partial charge is 0.354 e. The summed E-state index contributed by atoms with van der Waals surface area (Å²) in [6.45, 7) is 7.69. The Hall–Kier alpha value is -3.28. The third kappa shape index (κ3) is 4.32. The Morgan fingerprint density at radius 3 is 2.57 bits per heavy atom. The van der Waals surface area contributed by atoms with Gasteiger partial charge >= 0.3 is 0 Å². The number of benzene rings is 1.